The Labute approximate surface area is 87.3 Å². The molecule has 1 aliphatic rings. The Bertz CT molecular complexity index is 429. The summed E-state index contributed by atoms with van der Waals surface area (Å²) < 4.78 is 10.6. The van der Waals surface area contributed by atoms with Crippen molar-refractivity contribution >= 4 is 0 Å². The van der Waals surface area contributed by atoms with Crippen molar-refractivity contribution in [3.8, 4) is 11.3 Å². The van der Waals surface area contributed by atoms with Gasteiger partial charge in [0, 0.05) is 6.04 Å². The monoisotopic (exact) mass is 204 g/mol. The lowest BCUT2D eigenvalue weighted by Crippen LogP contribution is -2.15. The SMILES string of the molecule is c1cc(-c2cnc(CNC3CC3)o2)co1. The van der Waals surface area contributed by atoms with E-state index in [9.17, 15) is 0 Å². The molecule has 0 amide bonds. The number of oxazole rings is 1. The highest BCUT2D eigenvalue weighted by Gasteiger charge is 2.20. The molecule has 1 fully saturated rings. The van der Waals surface area contributed by atoms with Gasteiger partial charge in [-0.2, -0.15) is 0 Å². The average molecular weight is 204 g/mol. The predicted octanol–water partition coefficient (Wildman–Crippen LogP) is 2.19. The molecule has 0 aliphatic heterocycles. The zero-order valence-electron chi connectivity index (χ0n) is 8.27. The van der Waals surface area contributed by atoms with Crippen molar-refractivity contribution in [1.82, 2.24) is 10.3 Å². The van der Waals surface area contributed by atoms with Crippen LogP contribution in [0, 0.1) is 0 Å². The van der Waals surface area contributed by atoms with Crippen LogP contribution in [0.1, 0.15) is 18.7 Å². The summed E-state index contributed by atoms with van der Waals surface area (Å²) in [7, 11) is 0. The van der Waals surface area contributed by atoms with Crippen molar-refractivity contribution in [3.63, 3.8) is 0 Å². The molecule has 1 saturated carbocycles. The molecular weight excluding hydrogens is 192 g/mol. The minimum absolute atomic E-state index is 0.675. The molecule has 3 rings (SSSR count). The second-order valence-corrected chi connectivity index (χ2v) is 3.79. The molecule has 1 aliphatic carbocycles. The molecule has 0 bridgehead atoms. The van der Waals surface area contributed by atoms with Crippen LogP contribution in [0.25, 0.3) is 11.3 Å². The third-order valence-electron chi connectivity index (χ3n) is 2.48. The van der Waals surface area contributed by atoms with Crippen LogP contribution in [0.3, 0.4) is 0 Å². The minimum atomic E-state index is 0.675. The highest BCUT2D eigenvalue weighted by atomic mass is 16.4. The van der Waals surface area contributed by atoms with Crippen LogP contribution in [-0.2, 0) is 6.54 Å². The number of nitrogens with zero attached hydrogens (tertiary/aromatic N) is 1. The first-order valence-corrected chi connectivity index (χ1v) is 5.12. The number of rotatable bonds is 4. The van der Waals surface area contributed by atoms with Gasteiger partial charge in [0.2, 0.25) is 5.89 Å². The maximum atomic E-state index is 5.57. The Morgan fingerprint density at radius 1 is 1.47 bits per heavy atom. The Morgan fingerprint density at radius 3 is 3.13 bits per heavy atom. The largest absolute Gasteiger partial charge is 0.472 e. The van der Waals surface area contributed by atoms with E-state index in [-0.39, 0.29) is 0 Å². The van der Waals surface area contributed by atoms with Crippen molar-refractivity contribution in [2.45, 2.75) is 25.4 Å². The van der Waals surface area contributed by atoms with Crippen LogP contribution >= 0.6 is 0 Å². The molecule has 0 spiro atoms. The van der Waals surface area contributed by atoms with E-state index in [0.29, 0.717) is 12.6 Å². The molecule has 4 heteroatoms. The molecule has 2 heterocycles. The molecule has 78 valence electrons. The highest BCUT2D eigenvalue weighted by molar-refractivity contribution is 5.53. The van der Waals surface area contributed by atoms with Crippen molar-refractivity contribution in [2.75, 3.05) is 0 Å². The van der Waals surface area contributed by atoms with E-state index in [1.807, 2.05) is 6.07 Å². The van der Waals surface area contributed by atoms with E-state index in [2.05, 4.69) is 10.3 Å². The number of nitrogens with one attached hydrogen (secondary N) is 1. The highest BCUT2D eigenvalue weighted by Crippen LogP contribution is 2.22. The second kappa shape index (κ2) is 3.55. The molecule has 0 atom stereocenters. The molecule has 4 nitrogen and oxygen atoms in total. The first-order valence-electron chi connectivity index (χ1n) is 5.12. The molecule has 0 unspecified atom stereocenters. The summed E-state index contributed by atoms with van der Waals surface area (Å²) in [6.07, 6.45) is 7.55. The van der Waals surface area contributed by atoms with Crippen LogP contribution in [0.4, 0.5) is 0 Å². The summed E-state index contributed by atoms with van der Waals surface area (Å²) in [5, 5.41) is 3.35. The zero-order valence-corrected chi connectivity index (χ0v) is 8.27. The van der Waals surface area contributed by atoms with Gasteiger partial charge in [0.05, 0.1) is 24.6 Å². The van der Waals surface area contributed by atoms with Crippen LogP contribution in [0.15, 0.2) is 33.6 Å². The van der Waals surface area contributed by atoms with Gasteiger partial charge in [-0.3, -0.25) is 0 Å². The summed E-state index contributed by atoms with van der Waals surface area (Å²) >= 11 is 0. The van der Waals surface area contributed by atoms with Crippen molar-refractivity contribution < 1.29 is 8.83 Å². The fourth-order valence-corrected chi connectivity index (χ4v) is 1.45. The Balaban J connectivity index is 1.69. The van der Waals surface area contributed by atoms with E-state index < -0.39 is 0 Å². The van der Waals surface area contributed by atoms with E-state index in [0.717, 1.165) is 17.2 Å². The minimum Gasteiger partial charge on any atom is -0.472 e. The summed E-state index contributed by atoms with van der Waals surface area (Å²) in [6, 6.07) is 2.53. The Hall–Kier alpha value is -1.55. The number of aromatic nitrogens is 1. The van der Waals surface area contributed by atoms with Crippen LogP contribution in [0.2, 0.25) is 0 Å². The summed E-state index contributed by atoms with van der Waals surface area (Å²) in [5.74, 6) is 1.49. The van der Waals surface area contributed by atoms with Gasteiger partial charge < -0.3 is 14.2 Å². The molecule has 0 saturated heterocycles. The quantitative estimate of drug-likeness (QED) is 0.829. The molecule has 2 aromatic heterocycles. The number of hydrogen-bond acceptors (Lipinski definition) is 4. The van der Waals surface area contributed by atoms with Gasteiger partial charge in [-0.1, -0.05) is 0 Å². The maximum Gasteiger partial charge on any atom is 0.208 e. The summed E-state index contributed by atoms with van der Waals surface area (Å²) in [6.45, 7) is 0.711. The molecular formula is C11H12N2O2. The normalized spacial score (nSPS) is 15.7. The molecule has 1 N–H and O–H groups in total. The Morgan fingerprint density at radius 2 is 2.40 bits per heavy atom. The van der Waals surface area contributed by atoms with Crippen molar-refractivity contribution in [3.05, 3.63) is 30.7 Å². The topological polar surface area (TPSA) is 51.2 Å². The van der Waals surface area contributed by atoms with Gasteiger partial charge >= 0.3 is 0 Å². The van der Waals surface area contributed by atoms with Gasteiger partial charge in [-0.15, -0.1) is 0 Å². The lowest BCUT2D eigenvalue weighted by Gasteiger charge is -1.96. The third-order valence-corrected chi connectivity index (χ3v) is 2.48. The molecule has 0 radical (unpaired) electrons. The van der Waals surface area contributed by atoms with Gasteiger partial charge in [0.1, 0.15) is 6.26 Å². The standard InChI is InChI=1S/C11H12N2O2/c1-2-9(1)12-6-11-13-5-10(15-11)8-3-4-14-7-8/h3-5,7,9,12H,1-2,6H2. The third kappa shape index (κ3) is 1.94. The fourth-order valence-electron chi connectivity index (χ4n) is 1.45. The maximum absolute atomic E-state index is 5.57. The average Bonchev–Trinajstić information content (AvgIpc) is 2.78. The van der Waals surface area contributed by atoms with Crippen LogP contribution < -0.4 is 5.32 Å². The van der Waals surface area contributed by atoms with E-state index in [1.165, 1.54) is 12.8 Å². The fraction of sp³-hybridized carbons (Fsp3) is 0.364. The van der Waals surface area contributed by atoms with E-state index in [4.69, 9.17) is 8.83 Å². The van der Waals surface area contributed by atoms with Gasteiger partial charge in [0.15, 0.2) is 5.76 Å². The van der Waals surface area contributed by atoms with Crippen LogP contribution in [-0.4, -0.2) is 11.0 Å². The number of furan rings is 1. The lowest BCUT2D eigenvalue weighted by atomic mass is 10.3. The van der Waals surface area contributed by atoms with Crippen molar-refractivity contribution in [1.29, 1.82) is 0 Å². The molecule has 15 heavy (non-hydrogen) atoms. The van der Waals surface area contributed by atoms with Crippen LogP contribution in [0.5, 0.6) is 0 Å². The van der Waals surface area contributed by atoms with E-state index in [1.54, 1.807) is 18.7 Å². The zero-order chi connectivity index (χ0) is 10.1. The summed E-state index contributed by atoms with van der Waals surface area (Å²) in [5.41, 5.74) is 0.931. The Kier molecular flexibility index (Phi) is 2.07. The van der Waals surface area contributed by atoms with Gasteiger partial charge in [-0.05, 0) is 18.9 Å². The van der Waals surface area contributed by atoms with E-state index >= 15 is 0 Å². The van der Waals surface area contributed by atoms with Gasteiger partial charge in [0.25, 0.3) is 0 Å². The first kappa shape index (κ1) is 8.73. The predicted molar refractivity (Wildman–Crippen MR) is 54.1 cm³/mol. The smallest absolute Gasteiger partial charge is 0.208 e. The molecule has 2 aromatic rings. The molecule has 0 aromatic carbocycles. The second-order valence-electron chi connectivity index (χ2n) is 3.79. The summed E-state index contributed by atoms with van der Waals surface area (Å²) in [4.78, 5) is 4.20. The number of hydrogen-bond donors (Lipinski definition) is 1. The lowest BCUT2D eigenvalue weighted by molar-refractivity contribution is 0.476. The first-order chi connectivity index (χ1) is 7.42. The van der Waals surface area contributed by atoms with Gasteiger partial charge in [-0.25, -0.2) is 4.98 Å². The van der Waals surface area contributed by atoms with Crippen molar-refractivity contribution in [2.24, 2.45) is 0 Å².